The molecule has 1 N–H and O–H groups in total. The van der Waals surface area contributed by atoms with Crippen molar-refractivity contribution in [1.82, 2.24) is 15.2 Å². The number of aromatic nitrogens is 1. The van der Waals surface area contributed by atoms with Gasteiger partial charge in [0, 0.05) is 12.6 Å². The maximum Gasteiger partial charge on any atom is 0.137 e. The van der Waals surface area contributed by atoms with E-state index >= 15 is 0 Å². The third kappa shape index (κ3) is 4.76. The van der Waals surface area contributed by atoms with Crippen LogP contribution >= 0.6 is 0 Å². The number of pyridine rings is 1. The fraction of sp³-hybridized carbons (Fsp3) is 0.688. The first-order chi connectivity index (χ1) is 9.79. The van der Waals surface area contributed by atoms with Gasteiger partial charge in [0.2, 0.25) is 0 Å². The van der Waals surface area contributed by atoms with Gasteiger partial charge in [-0.15, -0.1) is 0 Å². The molecule has 1 aliphatic heterocycles. The van der Waals surface area contributed by atoms with Crippen molar-refractivity contribution in [1.29, 1.82) is 0 Å². The first-order valence-corrected chi connectivity index (χ1v) is 7.78. The standard InChI is InChI=1S/C16H27N3O/c1-3-17-12-14-7-8-16(13-18-14)20-11-9-15-6-4-5-10-19(15)2/h7-8,13,15,17H,3-6,9-12H2,1-2H3. The minimum Gasteiger partial charge on any atom is -0.492 e. The van der Waals surface area contributed by atoms with Gasteiger partial charge in [0.05, 0.1) is 18.5 Å². The van der Waals surface area contributed by atoms with E-state index in [1.165, 1.54) is 25.8 Å². The summed E-state index contributed by atoms with van der Waals surface area (Å²) in [4.78, 5) is 6.86. The van der Waals surface area contributed by atoms with Crippen LogP contribution in [0.2, 0.25) is 0 Å². The van der Waals surface area contributed by atoms with Crippen molar-refractivity contribution < 1.29 is 4.74 Å². The Morgan fingerprint density at radius 2 is 2.30 bits per heavy atom. The van der Waals surface area contributed by atoms with Gasteiger partial charge in [0.15, 0.2) is 0 Å². The summed E-state index contributed by atoms with van der Waals surface area (Å²) < 4.78 is 5.81. The summed E-state index contributed by atoms with van der Waals surface area (Å²) in [5.74, 6) is 0.878. The summed E-state index contributed by atoms with van der Waals surface area (Å²) in [5.41, 5.74) is 1.06. The van der Waals surface area contributed by atoms with Gasteiger partial charge in [-0.05, 0) is 51.5 Å². The molecule has 0 radical (unpaired) electrons. The lowest BCUT2D eigenvalue weighted by molar-refractivity contribution is 0.153. The van der Waals surface area contributed by atoms with E-state index in [1.807, 2.05) is 18.3 Å². The summed E-state index contributed by atoms with van der Waals surface area (Å²) in [7, 11) is 2.22. The van der Waals surface area contributed by atoms with Crippen LogP contribution < -0.4 is 10.1 Å². The Morgan fingerprint density at radius 1 is 1.40 bits per heavy atom. The molecule has 4 nitrogen and oxygen atoms in total. The number of ether oxygens (including phenoxy) is 1. The maximum atomic E-state index is 5.81. The summed E-state index contributed by atoms with van der Waals surface area (Å²) in [6, 6.07) is 4.74. The van der Waals surface area contributed by atoms with Crippen LogP contribution in [0, 0.1) is 0 Å². The average Bonchev–Trinajstić information content (AvgIpc) is 2.48. The SMILES string of the molecule is CCNCc1ccc(OCCC2CCCCN2C)cn1. The molecule has 1 fully saturated rings. The highest BCUT2D eigenvalue weighted by atomic mass is 16.5. The Kier molecular flexibility index (Phi) is 6.27. The molecule has 4 heteroatoms. The van der Waals surface area contributed by atoms with Gasteiger partial charge in [-0.2, -0.15) is 0 Å². The molecule has 20 heavy (non-hydrogen) atoms. The van der Waals surface area contributed by atoms with Gasteiger partial charge in [-0.3, -0.25) is 4.98 Å². The Balaban J connectivity index is 1.70. The third-order valence-electron chi connectivity index (χ3n) is 4.00. The van der Waals surface area contributed by atoms with E-state index < -0.39 is 0 Å². The molecule has 1 atom stereocenters. The quantitative estimate of drug-likeness (QED) is 0.830. The number of nitrogens with zero attached hydrogens (tertiary/aromatic N) is 2. The highest BCUT2D eigenvalue weighted by Crippen LogP contribution is 2.18. The Morgan fingerprint density at radius 3 is 3.00 bits per heavy atom. The van der Waals surface area contributed by atoms with Gasteiger partial charge >= 0.3 is 0 Å². The van der Waals surface area contributed by atoms with Crippen molar-refractivity contribution in [3.8, 4) is 5.75 Å². The summed E-state index contributed by atoms with van der Waals surface area (Å²) in [6.07, 6.45) is 6.94. The molecule has 2 heterocycles. The van der Waals surface area contributed by atoms with E-state index in [0.717, 1.165) is 37.6 Å². The molecule has 0 spiro atoms. The Labute approximate surface area is 122 Å². The van der Waals surface area contributed by atoms with Gasteiger partial charge in [0.1, 0.15) is 5.75 Å². The number of piperidine rings is 1. The smallest absolute Gasteiger partial charge is 0.137 e. The van der Waals surface area contributed by atoms with Crippen LogP contribution in [-0.2, 0) is 6.54 Å². The van der Waals surface area contributed by atoms with Crippen molar-refractivity contribution >= 4 is 0 Å². The molecule has 1 unspecified atom stereocenters. The second-order valence-corrected chi connectivity index (χ2v) is 5.53. The number of nitrogens with one attached hydrogen (secondary N) is 1. The molecule has 1 aliphatic rings. The average molecular weight is 277 g/mol. The Hall–Kier alpha value is -1.13. The van der Waals surface area contributed by atoms with Crippen LogP contribution in [0.5, 0.6) is 5.75 Å². The molecule has 1 aromatic heterocycles. The number of hydrogen-bond acceptors (Lipinski definition) is 4. The number of hydrogen-bond donors (Lipinski definition) is 1. The van der Waals surface area contributed by atoms with Crippen molar-refractivity contribution in [2.24, 2.45) is 0 Å². The van der Waals surface area contributed by atoms with Crippen molar-refractivity contribution in [3.63, 3.8) is 0 Å². The van der Waals surface area contributed by atoms with Gasteiger partial charge < -0.3 is 15.0 Å². The first-order valence-electron chi connectivity index (χ1n) is 7.78. The Bertz CT molecular complexity index is 380. The maximum absolute atomic E-state index is 5.81. The van der Waals surface area contributed by atoms with Crippen LogP contribution in [0.15, 0.2) is 18.3 Å². The largest absolute Gasteiger partial charge is 0.492 e. The topological polar surface area (TPSA) is 37.4 Å². The van der Waals surface area contributed by atoms with E-state index in [0.29, 0.717) is 6.04 Å². The predicted molar refractivity (Wildman–Crippen MR) is 82.0 cm³/mol. The summed E-state index contributed by atoms with van der Waals surface area (Å²) >= 11 is 0. The van der Waals surface area contributed by atoms with Crippen LogP contribution in [0.1, 0.15) is 38.3 Å². The first kappa shape index (κ1) is 15.3. The zero-order chi connectivity index (χ0) is 14.2. The predicted octanol–water partition coefficient (Wildman–Crippen LogP) is 2.44. The third-order valence-corrected chi connectivity index (χ3v) is 4.00. The highest BCUT2D eigenvalue weighted by Gasteiger charge is 2.18. The lowest BCUT2D eigenvalue weighted by Gasteiger charge is -2.32. The minimum absolute atomic E-state index is 0.685. The van der Waals surface area contributed by atoms with Crippen LogP contribution in [0.25, 0.3) is 0 Å². The second kappa shape index (κ2) is 8.22. The normalized spacial score (nSPS) is 20.0. The minimum atomic E-state index is 0.685. The van der Waals surface area contributed by atoms with Crippen LogP contribution in [0.3, 0.4) is 0 Å². The molecule has 1 aromatic rings. The second-order valence-electron chi connectivity index (χ2n) is 5.53. The zero-order valence-corrected chi connectivity index (χ0v) is 12.8. The molecular formula is C16H27N3O. The molecule has 1 saturated heterocycles. The molecule has 0 aromatic carbocycles. The monoisotopic (exact) mass is 277 g/mol. The lowest BCUT2D eigenvalue weighted by Crippen LogP contribution is -2.37. The molecule has 0 bridgehead atoms. The van der Waals surface area contributed by atoms with Gasteiger partial charge in [-0.1, -0.05) is 13.3 Å². The highest BCUT2D eigenvalue weighted by molar-refractivity contribution is 5.19. The van der Waals surface area contributed by atoms with E-state index in [1.54, 1.807) is 0 Å². The van der Waals surface area contributed by atoms with Gasteiger partial charge in [0.25, 0.3) is 0 Å². The zero-order valence-electron chi connectivity index (χ0n) is 12.8. The van der Waals surface area contributed by atoms with Crippen molar-refractivity contribution in [2.45, 2.75) is 45.2 Å². The van der Waals surface area contributed by atoms with Crippen molar-refractivity contribution in [2.75, 3.05) is 26.7 Å². The van der Waals surface area contributed by atoms with Crippen molar-refractivity contribution in [3.05, 3.63) is 24.0 Å². The number of likely N-dealkylation sites (tertiary alicyclic amines) is 1. The van der Waals surface area contributed by atoms with Gasteiger partial charge in [-0.25, -0.2) is 0 Å². The number of rotatable bonds is 7. The van der Waals surface area contributed by atoms with E-state index in [9.17, 15) is 0 Å². The fourth-order valence-electron chi connectivity index (χ4n) is 2.68. The van der Waals surface area contributed by atoms with E-state index in [4.69, 9.17) is 4.74 Å². The lowest BCUT2D eigenvalue weighted by atomic mass is 10.0. The fourth-order valence-corrected chi connectivity index (χ4v) is 2.68. The van der Waals surface area contributed by atoms with E-state index in [2.05, 4.69) is 29.2 Å². The summed E-state index contributed by atoms with van der Waals surface area (Å²) in [6.45, 7) is 5.90. The van der Waals surface area contributed by atoms with E-state index in [-0.39, 0.29) is 0 Å². The molecule has 0 aliphatic carbocycles. The molecule has 112 valence electrons. The van der Waals surface area contributed by atoms with Crippen LogP contribution in [0.4, 0.5) is 0 Å². The molecule has 2 rings (SSSR count). The summed E-state index contributed by atoms with van der Waals surface area (Å²) in [5, 5.41) is 3.27. The molecule has 0 saturated carbocycles. The molecular weight excluding hydrogens is 250 g/mol. The molecule has 0 amide bonds. The van der Waals surface area contributed by atoms with Crippen LogP contribution in [-0.4, -0.2) is 42.7 Å².